The summed E-state index contributed by atoms with van der Waals surface area (Å²) < 4.78 is 40.1. The first-order chi connectivity index (χ1) is 10.3. The second-order valence-electron chi connectivity index (χ2n) is 5.27. The number of alkyl halides is 3. The van der Waals surface area contributed by atoms with Gasteiger partial charge < -0.3 is 11.1 Å². The van der Waals surface area contributed by atoms with Crippen LogP contribution in [0, 0.1) is 0 Å². The molecule has 1 aromatic carbocycles. The zero-order chi connectivity index (χ0) is 16.3. The van der Waals surface area contributed by atoms with Gasteiger partial charge in [-0.05, 0) is 24.1 Å². The van der Waals surface area contributed by atoms with Gasteiger partial charge in [0.25, 0.3) is 0 Å². The predicted octanol–water partition coefficient (Wildman–Crippen LogP) is 3.39. The lowest BCUT2D eigenvalue weighted by Crippen LogP contribution is -2.14. The largest absolute Gasteiger partial charge is 0.416 e. The molecule has 0 amide bonds. The van der Waals surface area contributed by atoms with E-state index in [0.717, 1.165) is 23.5 Å². The first kappa shape index (κ1) is 16.4. The molecule has 3 N–H and O–H groups in total. The number of hydrogen-bond donors (Lipinski definition) is 2. The average molecular weight is 312 g/mol. The number of aromatic nitrogens is 2. The molecule has 0 spiro atoms. The highest BCUT2D eigenvalue weighted by Crippen LogP contribution is 2.32. The van der Waals surface area contributed by atoms with Gasteiger partial charge in [0.1, 0.15) is 0 Å². The van der Waals surface area contributed by atoms with Crippen LogP contribution >= 0.6 is 0 Å². The molecule has 22 heavy (non-hydrogen) atoms. The van der Waals surface area contributed by atoms with Crippen molar-refractivity contribution in [1.29, 1.82) is 0 Å². The van der Waals surface area contributed by atoms with Crippen LogP contribution in [0.2, 0.25) is 0 Å². The van der Waals surface area contributed by atoms with E-state index < -0.39 is 11.7 Å². The molecule has 0 radical (unpaired) electrons. The molecule has 0 unspecified atom stereocenters. The Morgan fingerprint density at radius 3 is 2.64 bits per heavy atom. The third kappa shape index (κ3) is 3.41. The van der Waals surface area contributed by atoms with Crippen molar-refractivity contribution >= 4 is 5.69 Å². The topological polar surface area (TPSA) is 55.9 Å². The van der Waals surface area contributed by atoms with Gasteiger partial charge in [-0.1, -0.05) is 19.9 Å². The molecule has 0 saturated heterocycles. The maximum absolute atomic E-state index is 12.9. The van der Waals surface area contributed by atoms with E-state index in [9.17, 15) is 13.2 Å². The van der Waals surface area contributed by atoms with Crippen molar-refractivity contribution in [3.05, 3.63) is 41.7 Å². The van der Waals surface area contributed by atoms with E-state index in [1.807, 2.05) is 13.8 Å². The molecule has 120 valence electrons. The van der Waals surface area contributed by atoms with Crippen LogP contribution in [0.1, 0.15) is 31.0 Å². The number of nitrogens with one attached hydrogen (secondary N) is 1. The first-order valence-corrected chi connectivity index (χ1v) is 7.04. The second-order valence-corrected chi connectivity index (χ2v) is 5.27. The Bertz CT molecular complexity index is 632. The van der Waals surface area contributed by atoms with Crippen LogP contribution in [0.5, 0.6) is 0 Å². The molecule has 0 bridgehead atoms. The van der Waals surface area contributed by atoms with Crippen molar-refractivity contribution < 1.29 is 13.2 Å². The third-order valence-corrected chi connectivity index (χ3v) is 3.23. The lowest BCUT2D eigenvalue weighted by molar-refractivity contribution is -0.137. The molecule has 7 heteroatoms. The van der Waals surface area contributed by atoms with E-state index >= 15 is 0 Å². The molecule has 0 atom stereocenters. The minimum absolute atomic E-state index is 0.0947. The summed E-state index contributed by atoms with van der Waals surface area (Å²) >= 11 is 0. The summed E-state index contributed by atoms with van der Waals surface area (Å²) in [7, 11) is 0. The fraction of sp³-hybridized carbons (Fsp3) is 0.400. The zero-order valence-electron chi connectivity index (χ0n) is 12.5. The van der Waals surface area contributed by atoms with E-state index in [-0.39, 0.29) is 5.92 Å². The van der Waals surface area contributed by atoms with Crippen LogP contribution in [0.3, 0.4) is 0 Å². The summed E-state index contributed by atoms with van der Waals surface area (Å²) in [4.78, 5) is 0. The van der Waals surface area contributed by atoms with Crippen LogP contribution < -0.4 is 11.1 Å². The van der Waals surface area contributed by atoms with Crippen LogP contribution in [0.4, 0.5) is 18.9 Å². The SMILES string of the molecule is CC(C)c1c(NCCN)cnn1-c1cccc(C(F)(F)F)c1. The standard InChI is InChI=1S/C15H19F3N4/c1-10(2)14-13(20-7-6-19)9-21-22(14)12-5-3-4-11(8-12)15(16,17)18/h3-5,8-10,20H,6-7,19H2,1-2H3. The third-order valence-electron chi connectivity index (χ3n) is 3.23. The van der Waals surface area contributed by atoms with E-state index in [2.05, 4.69) is 10.4 Å². The Hall–Kier alpha value is -2.02. The Morgan fingerprint density at radius 1 is 1.32 bits per heavy atom. The van der Waals surface area contributed by atoms with E-state index in [1.165, 1.54) is 6.07 Å². The quantitative estimate of drug-likeness (QED) is 0.890. The van der Waals surface area contributed by atoms with Crippen molar-refractivity contribution in [2.75, 3.05) is 18.4 Å². The van der Waals surface area contributed by atoms with E-state index in [4.69, 9.17) is 5.73 Å². The van der Waals surface area contributed by atoms with E-state index in [0.29, 0.717) is 18.8 Å². The monoisotopic (exact) mass is 312 g/mol. The molecule has 2 rings (SSSR count). The lowest BCUT2D eigenvalue weighted by atomic mass is 10.1. The number of hydrogen-bond acceptors (Lipinski definition) is 3. The number of benzene rings is 1. The maximum atomic E-state index is 12.9. The number of nitrogens with zero attached hydrogens (tertiary/aromatic N) is 2. The molecule has 0 saturated carbocycles. The molecular formula is C15H19F3N4. The van der Waals surface area contributed by atoms with Crippen molar-refractivity contribution in [3.63, 3.8) is 0 Å². The van der Waals surface area contributed by atoms with Gasteiger partial charge in [0.05, 0.1) is 28.8 Å². The van der Waals surface area contributed by atoms with Gasteiger partial charge >= 0.3 is 6.18 Å². The maximum Gasteiger partial charge on any atom is 0.416 e. The normalized spacial score (nSPS) is 12.0. The summed E-state index contributed by atoms with van der Waals surface area (Å²) in [5.74, 6) is 0.0947. The van der Waals surface area contributed by atoms with E-state index in [1.54, 1.807) is 16.9 Å². The molecule has 2 aromatic rings. The molecule has 0 aliphatic rings. The van der Waals surface area contributed by atoms with Crippen molar-refractivity contribution in [2.24, 2.45) is 5.73 Å². The van der Waals surface area contributed by atoms with Gasteiger partial charge in [-0.15, -0.1) is 0 Å². The van der Waals surface area contributed by atoms with Crippen LogP contribution in [-0.2, 0) is 6.18 Å². The van der Waals surface area contributed by atoms with Crippen LogP contribution in [-0.4, -0.2) is 22.9 Å². The minimum atomic E-state index is -4.37. The number of nitrogens with two attached hydrogens (primary N) is 1. The molecule has 0 aliphatic carbocycles. The summed E-state index contributed by atoms with van der Waals surface area (Å²) in [5.41, 5.74) is 6.79. The van der Waals surface area contributed by atoms with Gasteiger partial charge in [-0.25, -0.2) is 4.68 Å². The van der Waals surface area contributed by atoms with Gasteiger partial charge in [-0.2, -0.15) is 18.3 Å². The fourth-order valence-electron chi connectivity index (χ4n) is 2.28. The number of rotatable bonds is 5. The summed E-state index contributed by atoms with van der Waals surface area (Å²) in [6.45, 7) is 4.98. The van der Waals surface area contributed by atoms with Crippen LogP contribution in [0.25, 0.3) is 5.69 Å². The Kier molecular flexibility index (Phi) is 4.75. The fourth-order valence-corrected chi connectivity index (χ4v) is 2.28. The second kappa shape index (κ2) is 6.39. The molecule has 1 heterocycles. The average Bonchev–Trinajstić information content (AvgIpc) is 2.88. The highest BCUT2D eigenvalue weighted by atomic mass is 19.4. The molecule has 0 fully saturated rings. The van der Waals surface area contributed by atoms with Crippen LogP contribution in [0.15, 0.2) is 30.5 Å². The van der Waals surface area contributed by atoms with Gasteiger partial charge in [0, 0.05) is 13.1 Å². The minimum Gasteiger partial charge on any atom is -0.381 e. The highest BCUT2D eigenvalue weighted by molar-refractivity contribution is 5.52. The predicted molar refractivity (Wildman–Crippen MR) is 80.2 cm³/mol. The highest BCUT2D eigenvalue weighted by Gasteiger charge is 2.30. The molecular weight excluding hydrogens is 293 g/mol. The van der Waals surface area contributed by atoms with Gasteiger partial charge in [0.2, 0.25) is 0 Å². The van der Waals surface area contributed by atoms with Crippen molar-refractivity contribution in [2.45, 2.75) is 25.9 Å². The Morgan fingerprint density at radius 2 is 2.05 bits per heavy atom. The Labute approximate surface area is 127 Å². The van der Waals surface area contributed by atoms with Gasteiger partial charge in [-0.3, -0.25) is 0 Å². The molecule has 4 nitrogen and oxygen atoms in total. The summed E-state index contributed by atoms with van der Waals surface area (Å²) in [6, 6.07) is 5.15. The van der Waals surface area contributed by atoms with Crippen molar-refractivity contribution in [1.82, 2.24) is 9.78 Å². The molecule has 1 aromatic heterocycles. The molecule has 0 aliphatic heterocycles. The summed E-state index contributed by atoms with van der Waals surface area (Å²) in [6.07, 6.45) is -2.76. The first-order valence-electron chi connectivity index (χ1n) is 7.04. The van der Waals surface area contributed by atoms with Crippen molar-refractivity contribution in [3.8, 4) is 5.69 Å². The van der Waals surface area contributed by atoms with Gasteiger partial charge in [0.15, 0.2) is 0 Å². The number of anilines is 1. The lowest BCUT2D eigenvalue weighted by Gasteiger charge is -2.15. The number of halogens is 3. The summed E-state index contributed by atoms with van der Waals surface area (Å²) in [5, 5.41) is 7.38. The smallest absolute Gasteiger partial charge is 0.381 e. The zero-order valence-corrected chi connectivity index (χ0v) is 12.5. The Balaban J connectivity index is 2.46.